The third-order valence-corrected chi connectivity index (χ3v) is 15.6. The molecule has 0 bridgehead atoms. The number of carbonyl (C=O) groups is 5. The zero-order chi connectivity index (χ0) is 45.8. The summed E-state index contributed by atoms with van der Waals surface area (Å²) in [6.07, 6.45) is 5.22. The Balaban J connectivity index is 0.891. The molecule has 4 heterocycles. The molecule has 2 amide bonds. The summed E-state index contributed by atoms with van der Waals surface area (Å²) in [5.41, 5.74) is 6.10. The van der Waals surface area contributed by atoms with Crippen LogP contribution in [0.5, 0.6) is 11.5 Å². The van der Waals surface area contributed by atoms with E-state index in [0.717, 1.165) is 101 Å². The molecule has 0 aliphatic carbocycles. The Morgan fingerprint density at radius 2 is 1.91 bits per heavy atom. The Morgan fingerprint density at radius 1 is 1.08 bits per heavy atom. The number of rotatable bonds is 16. The van der Waals surface area contributed by atoms with Crippen LogP contribution in [0.3, 0.4) is 0 Å². The topological polar surface area (TPSA) is 167 Å². The van der Waals surface area contributed by atoms with Crippen molar-refractivity contribution in [1.29, 1.82) is 0 Å². The number of anilines is 3. The van der Waals surface area contributed by atoms with Gasteiger partial charge in [-0.2, -0.15) is 0 Å². The number of aldehydes is 2. The molecule has 1 fully saturated rings. The minimum absolute atomic E-state index is 0.00975. The maximum atomic E-state index is 13.8. The molecule has 13 nitrogen and oxygen atoms in total. The van der Waals surface area contributed by atoms with E-state index in [1.807, 2.05) is 54.4 Å². The highest BCUT2D eigenvalue weighted by molar-refractivity contribution is 7.96. The molecular formula is C49H52ClN5O8S2. The number of fused-ring (bicyclic) bond motifs is 1. The van der Waals surface area contributed by atoms with Crippen LogP contribution in [-0.2, 0) is 20.1 Å². The summed E-state index contributed by atoms with van der Waals surface area (Å²) in [5, 5.41) is 21.8. The van der Waals surface area contributed by atoms with E-state index in [1.165, 1.54) is 5.56 Å². The van der Waals surface area contributed by atoms with Gasteiger partial charge in [0.05, 0.1) is 22.9 Å². The number of carboxylic acids is 1. The highest BCUT2D eigenvalue weighted by atomic mass is 35.5. The molecule has 0 spiro atoms. The Morgan fingerprint density at radius 3 is 2.68 bits per heavy atom. The summed E-state index contributed by atoms with van der Waals surface area (Å²) < 4.78 is 14.4. The summed E-state index contributed by atoms with van der Waals surface area (Å²) in [6, 6.07) is 23.4. The number of nitrogens with zero attached hydrogens (tertiary/aromatic N) is 2. The molecule has 3 unspecified atom stereocenters. The van der Waals surface area contributed by atoms with Crippen LogP contribution in [-0.4, -0.2) is 90.7 Å². The fraction of sp³-hybridized carbons (Fsp3) is 0.367. The standard InChI is InChI=1S/C49H52ClN5O8S2/c1-49(2)27-33(53-32-8-4-7-31(26-32)44-42(50)43(63-24-22-57)45(65-44)48(60)61)17-20-54(49)64-28-29-12-14-37-40(25-29)62-23-18-30(16-19-52-37)34-13-15-38-41-35(34)9-5-10-36(41)47(59)55(38)39(11-6-21-56)46(58)51-3/h4-5,7-10,12-15,21-22,25-26,30,33,39,52-53H,6,11,16-20,23-24,27-28H2,1-3H3,(H,51,58)(H,60,61). The van der Waals surface area contributed by atoms with Crippen molar-refractivity contribution in [1.82, 2.24) is 9.62 Å². The summed E-state index contributed by atoms with van der Waals surface area (Å²) in [7, 11) is 1.54. The Bertz CT molecular complexity index is 2640. The molecule has 3 aliphatic heterocycles. The van der Waals surface area contributed by atoms with Crippen molar-refractivity contribution in [3.05, 3.63) is 99.4 Å². The monoisotopic (exact) mass is 937 g/mol. The molecule has 16 heteroatoms. The van der Waals surface area contributed by atoms with Gasteiger partial charge >= 0.3 is 5.97 Å². The van der Waals surface area contributed by atoms with Crippen LogP contribution in [0.2, 0.25) is 5.02 Å². The first-order valence-electron chi connectivity index (χ1n) is 21.9. The van der Waals surface area contributed by atoms with Crippen LogP contribution >= 0.6 is 34.9 Å². The number of carboxylic acid groups (broad SMARTS) is 1. The van der Waals surface area contributed by atoms with Crippen LogP contribution < -0.4 is 30.3 Å². The number of hydrogen-bond acceptors (Lipinski definition) is 12. The highest BCUT2D eigenvalue weighted by Gasteiger charge is 2.39. The molecule has 1 aromatic heterocycles. The largest absolute Gasteiger partial charge is 0.491 e. The van der Waals surface area contributed by atoms with E-state index in [2.05, 4.69) is 64.4 Å². The lowest BCUT2D eigenvalue weighted by molar-refractivity contribution is -0.122. The van der Waals surface area contributed by atoms with Crippen molar-refractivity contribution in [3.63, 3.8) is 0 Å². The molecule has 0 radical (unpaired) electrons. The van der Waals surface area contributed by atoms with E-state index < -0.39 is 12.0 Å². The summed E-state index contributed by atoms with van der Waals surface area (Å²) in [4.78, 5) is 63.0. The molecule has 1 saturated heterocycles. The number of piperidine rings is 1. The molecule has 0 saturated carbocycles. The van der Waals surface area contributed by atoms with E-state index in [-0.39, 0.29) is 64.4 Å². The maximum Gasteiger partial charge on any atom is 0.349 e. The maximum absolute atomic E-state index is 13.8. The molecule has 5 aromatic rings. The fourth-order valence-corrected chi connectivity index (χ4v) is 11.9. The number of halogens is 1. The number of nitrogens with one attached hydrogen (secondary N) is 3. The van der Waals surface area contributed by atoms with Gasteiger partial charge in [-0.05, 0) is 110 Å². The zero-order valence-electron chi connectivity index (χ0n) is 36.5. The molecule has 4 N–H and O–H groups in total. The van der Waals surface area contributed by atoms with Crippen LogP contribution in [0, 0.1) is 0 Å². The second kappa shape index (κ2) is 19.9. The average molecular weight is 939 g/mol. The van der Waals surface area contributed by atoms with Gasteiger partial charge in [0, 0.05) is 60.5 Å². The van der Waals surface area contributed by atoms with E-state index in [4.69, 9.17) is 21.1 Å². The van der Waals surface area contributed by atoms with Gasteiger partial charge in [-0.25, -0.2) is 9.10 Å². The van der Waals surface area contributed by atoms with Crippen LogP contribution in [0.4, 0.5) is 17.1 Å². The zero-order valence-corrected chi connectivity index (χ0v) is 38.9. The van der Waals surface area contributed by atoms with Gasteiger partial charge in [-0.3, -0.25) is 19.3 Å². The van der Waals surface area contributed by atoms with Gasteiger partial charge in [0.15, 0.2) is 16.9 Å². The predicted molar refractivity (Wildman–Crippen MR) is 258 cm³/mol. The molecule has 3 atom stereocenters. The SMILES string of the molecule is CNC(=O)C(CCC=O)N1C(=O)c2cccc3c(C4CCNc5ccc(CSN6CCC(Nc7cccc(-c8sc(C(=O)O)c(OCC=O)c8Cl)c7)CC6(C)C)cc5OCC4)ccc1c23. The van der Waals surface area contributed by atoms with E-state index >= 15 is 0 Å². The first kappa shape index (κ1) is 45.9. The lowest BCUT2D eigenvalue weighted by atomic mass is 9.87. The van der Waals surface area contributed by atoms with Crippen LogP contribution in [0.15, 0.2) is 72.8 Å². The lowest BCUT2D eigenvalue weighted by Gasteiger charge is -2.45. The highest BCUT2D eigenvalue weighted by Crippen LogP contribution is 2.47. The van der Waals surface area contributed by atoms with Gasteiger partial charge < -0.3 is 35.3 Å². The molecule has 3 aliphatic rings. The number of ether oxygens (including phenoxy) is 2. The second-order valence-corrected chi connectivity index (χ2v) is 19.5. The number of aromatic carboxylic acids is 1. The van der Waals surface area contributed by atoms with Crippen molar-refractivity contribution in [2.45, 2.75) is 81.7 Å². The minimum atomic E-state index is -1.16. The van der Waals surface area contributed by atoms with E-state index in [9.17, 15) is 29.1 Å². The Hall–Kier alpha value is -5.61. The quantitative estimate of drug-likeness (QED) is 0.0548. The third kappa shape index (κ3) is 9.56. The summed E-state index contributed by atoms with van der Waals surface area (Å²) in [5.74, 6) is 0.0946. The van der Waals surface area contributed by atoms with Crippen molar-refractivity contribution < 1.29 is 38.6 Å². The summed E-state index contributed by atoms with van der Waals surface area (Å²) >= 11 is 9.45. The van der Waals surface area contributed by atoms with E-state index in [1.54, 1.807) is 11.9 Å². The predicted octanol–water partition coefficient (Wildman–Crippen LogP) is 9.42. The van der Waals surface area contributed by atoms with Crippen molar-refractivity contribution in [2.75, 3.05) is 48.9 Å². The van der Waals surface area contributed by atoms with Gasteiger partial charge in [0.2, 0.25) is 5.91 Å². The van der Waals surface area contributed by atoms with E-state index in [0.29, 0.717) is 29.0 Å². The molecule has 8 rings (SSSR count). The minimum Gasteiger partial charge on any atom is -0.491 e. The van der Waals surface area contributed by atoms with Gasteiger partial charge in [-0.15, -0.1) is 11.3 Å². The van der Waals surface area contributed by atoms with Crippen LogP contribution in [0.25, 0.3) is 21.2 Å². The van der Waals surface area contributed by atoms with Crippen molar-refractivity contribution >= 4 is 93.1 Å². The molecular weight excluding hydrogens is 886 g/mol. The van der Waals surface area contributed by atoms with Crippen molar-refractivity contribution in [2.24, 2.45) is 0 Å². The Labute approximate surface area is 391 Å². The number of amides is 2. The first-order chi connectivity index (χ1) is 31.4. The average Bonchev–Trinajstić information content (AvgIpc) is 3.81. The molecule has 340 valence electrons. The number of likely N-dealkylation sites (N-methyl/N-ethyl adjacent to an activating group) is 1. The molecule has 65 heavy (non-hydrogen) atoms. The number of carbonyl (C=O) groups excluding carboxylic acids is 4. The number of benzene rings is 4. The van der Waals surface area contributed by atoms with Gasteiger partial charge in [-0.1, -0.05) is 59.9 Å². The smallest absolute Gasteiger partial charge is 0.349 e. The van der Waals surface area contributed by atoms with Crippen LogP contribution in [0.1, 0.15) is 89.4 Å². The molecule has 4 aromatic carbocycles. The van der Waals surface area contributed by atoms with Gasteiger partial charge in [0.1, 0.15) is 29.7 Å². The summed E-state index contributed by atoms with van der Waals surface area (Å²) in [6.45, 7) is 6.39. The normalized spacial score (nSPS) is 18.6. The van der Waals surface area contributed by atoms with Gasteiger partial charge in [0.25, 0.3) is 5.91 Å². The second-order valence-electron chi connectivity index (χ2n) is 17.1. The number of thiophene rings is 1. The Kier molecular flexibility index (Phi) is 14.0. The first-order valence-corrected chi connectivity index (χ1v) is 24.0. The van der Waals surface area contributed by atoms with Crippen molar-refractivity contribution in [3.8, 4) is 21.9 Å². The lowest BCUT2D eigenvalue weighted by Crippen LogP contribution is -2.49. The fourth-order valence-electron chi connectivity index (χ4n) is 9.39. The number of hydrogen-bond donors (Lipinski definition) is 4. The third-order valence-electron chi connectivity index (χ3n) is 12.5.